The van der Waals surface area contributed by atoms with E-state index in [-0.39, 0.29) is 23.3 Å². The fourth-order valence-electron chi connectivity index (χ4n) is 1.84. The van der Waals surface area contributed by atoms with Gasteiger partial charge >= 0.3 is 0 Å². The lowest BCUT2D eigenvalue weighted by atomic mass is 10.3. The van der Waals surface area contributed by atoms with Crippen LogP contribution in [0.2, 0.25) is 5.02 Å². The summed E-state index contributed by atoms with van der Waals surface area (Å²) in [4.78, 5) is 11.8. The molecule has 126 valence electrons. The van der Waals surface area contributed by atoms with Gasteiger partial charge in [0, 0.05) is 17.1 Å². The van der Waals surface area contributed by atoms with Gasteiger partial charge in [0.15, 0.2) is 5.11 Å². The lowest BCUT2D eigenvalue weighted by Crippen LogP contribution is -2.34. The molecule has 0 atom stereocenters. The zero-order valence-corrected chi connectivity index (χ0v) is 14.3. The molecular weight excluding hydrogens is 351 g/mol. The summed E-state index contributed by atoms with van der Waals surface area (Å²) in [5.41, 5.74) is 0.604. The molecule has 1 amide bonds. The standard InChI is InChI=1S/C17H16ClFN2O2S/c18-12-3-9-15(10-4-12)23-11-1-2-16(22)21-17(24)20-14-7-5-13(19)6-8-14/h3-10H,1-2,11H2,(H2,20,21,22,24). The van der Waals surface area contributed by atoms with Crippen LogP contribution in [-0.4, -0.2) is 17.6 Å². The van der Waals surface area contributed by atoms with E-state index >= 15 is 0 Å². The van der Waals surface area contributed by atoms with Crippen molar-refractivity contribution >= 4 is 40.5 Å². The van der Waals surface area contributed by atoms with E-state index in [4.69, 9.17) is 28.6 Å². The third-order valence-electron chi connectivity index (χ3n) is 2.99. The van der Waals surface area contributed by atoms with Crippen LogP contribution >= 0.6 is 23.8 Å². The van der Waals surface area contributed by atoms with Crippen molar-refractivity contribution in [3.05, 3.63) is 59.4 Å². The van der Waals surface area contributed by atoms with Gasteiger partial charge in [-0.2, -0.15) is 0 Å². The van der Waals surface area contributed by atoms with Gasteiger partial charge in [0.05, 0.1) is 6.61 Å². The van der Waals surface area contributed by atoms with Crippen molar-refractivity contribution in [3.63, 3.8) is 0 Å². The van der Waals surface area contributed by atoms with Crippen LogP contribution in [0.4, 0.5) is 10.1 Å². The summed E-state index contributed by atoms with van der Waals surface area (Å²) in [6.45, 7) is 0.410. The predicted molar refractivity (Wildman–Crippen MR) is 96.9 cm³/mol. The molecule has 24 heavy (non-hydrogen) atoms. The Balaban J connectivity index is 1.64. The van der Waals surface area contributed by atoms with Crippen molar-refractivity contribution < 1.29 is 13.9 Å². The molecule has 2 aromatic rings. The molecule has 0 saturated carbocycles. The van der Waals surface area contributed by atoms with Gasteiger partial charge < -0.3 is 15.4 Å². The topological polar surface area (TPSA) is 50.4 Å². The van der Waals surface area contributed by atoms with Gasteiger partial charge in [0.2, 0.25) is 5.91 Å². The minimum atomic E-state index is -0.337. The number of hydrogen-bond donors (Lipinski definition) is 2. The molecule has 2 aromatic carbocycles. The SMILES string of the molecule is O=C(CCCOc1ccc(Cl)cc1)NC(=S)Nc1ccc(F)cc1. The van der Waals surface area contributed by atoms with Crippen molar-refractivity contribution in [3.8, 4) is 5.75 Å². The second-order valence-corrected chi connectivity index (χ2v) is 5.76. The number of hydrogen-bond acceptors (Lipinski definition) is 3. The average molecular weight is 367 g/mol. The Bertz CT molecular complexity index is 693. The van der Waals surface area contributed by atoms with Gasteiger partial charge in [-0.1, -0.05) is 11.6 Å². The molecule has 0 aliphatic rings. The first-order valence-corrected chi connectivity index (χ1v) is 8.06. The van der Waals surface area contributed by atoms with Crippen LogP contribution < -0.4 is 15.4 Å². The molecular formula is C17H16ClFN2O2S. The van der Waals surface area contributed by atoms with E-state index in [1.54, 1.807) is 24.3 Å². The van der Waals surface area contributed by atoms with Crippen LogP contribution in [0, 0.1) is 5.82 Å². The Hall–Kier alpha value is -2.18. The van der Waals surface area contributed by atoms with Gasteiger partial charge in [0.1, 0.15) is 11.6 Å². The number of rotatable bonds is 6. The number of nitrogens with one attached hydrogen (secondary N) is 2. The molecule has 0 unspecified atom stereocenters. The first-order chi connectivity index (χ1) is 11.5. The second-order valence-electron chi connectivity index (χ2n) is 4.92. The van der Waals surface area contributed by atoms with Gasteiger partial charge in [-0.05, 0) is 67.2 Å². The highest BCUT2D eigenvalue weighted by Crippen LogP contribution is 2.15. The first-order valence-electron chi connectivity index (χ1n) is 7.28. The summed E-state index contributed by atoms with van der Waals surface area (Å²) in [6, 6.07) is 12.7. The molecule has 0 saturated heterocycles. The van der Waals surface area contributed by atoms with Crippen molar-refractivity contribution in [2.75, 3.05) is 11.9 Å². The Labute approximate surface area is 150 Å². The Kier molecular flexibility index (Phi) is 6.96. The summed E-state index contributed by atoms with van der Waals surface area (Å²) in [6.07, 6.45) is 0.826. The normalized spacial score (nSPS) is 10.1. The molecule has 2 rings (SSSR count). The minimum absolute atomic E-state index is 0.172. The van der Waals surface area contributed by atoms with Crippen LogP contribution in [0.5, 0.6) is 5.75 Å². The molecule has 0 bridgehead atoms. The predicted octanol–water partition coefficient (Wildman–Crippen LogP) is 4.15. The molecule has 0 aromatic heterocycles. The largest absolute Gasteiger partial charge is 0.494 e. The summed E-state index contributed by atoms with van der Waals surface area (Å²) in [5, 5.41) is 6.19. The maximum atomic E-state index is 12.8. The zero-order valence-electron chi connectivity index (χ0n) is 12.7. The van der Waals surface area contributed by atoms with Crippen LogP contribution in [0.3, 0.4) is 0 Å². The van der Waals surface area contributed by atoms with Crippen molar-refractivity contribution in [1.29, 1.82) is 0 Å². The second kappa shape index (κ2) is 9.20. The first kappa shape index (κ1) is 18.2. The Morgan fingerprint density at radius 2 is 1.79 bits per heavy atom. The number of benzene rings is 2. The summed E-state index contributed by atoms with van der Waals surface area (Å²) < 4.78 is 18.3. The number of amides is 1. The van der Waals surface area contributed by atoms with E-state index in [2.05, 4.69) is 10.6 Å². The monoisotopic (exact) mass is 366 g/mol. The number of ether oxygens (including phenoxy) is 1. The highest BCUT2D eigenvalue weighted by molar-refractivity contribution is 7.80. The van der Waals surface area contributed by atoms with E-state index < -0.39 is 0 Å². The van der Waals surface area contributed by atoms with Gasteiger partial charge in [-0.3, -0.25) is 4.79 Å². The molecule has 0 fully saturated rings. The quantitative estimate of drug-likeness (QED) is 0.595. The molecule has 0 heterocycles. The van der Waals surface area contributed by atoms with Gasteiger partial charge in [-0.15, -0.1) is 0 Å². The molecule has 0 aliphatic heterocycles. The number of anilines is 1. The maximum absolute atomic E-state index is 12.8. The third kappa shape index (κ3) is 6.52. The lowest BCUT2D eigenvalue weighted by molar-refractivity contribution is -0.119. The number of carbonyl (C=O) groups is 1. The van der Waals surface area contributed by atoms with Crippen molar-refractivity contribution in [1.82, 2.24) is 5.32 Å². The summed E-state index contributed by atoms with van der Waals surface area (Å²) in [5.74, 6) is 0.152. The van der Waals surface area contributed by atoms with Crippen LogP contribution in [0.25, 0.3) is 0 Å². The lowest BCUT2D eigenvalue weighted by Gasteiger charge is -2.10. The molecule has 7 heteroatoms. The van der Waals surface area contributed by atoms with Crippen LogP contribution in [-0.2, 0) is 4.79 Å². The highest BCUT2D eigenvalue weighted by Gasteiger charge is 2.05. The molecule has 4 nitrogen and oxygen atoms in total. The number of thiocarbonyl (C=S) groups is 1. The number of carbonyl (C=O) groups excluding carboxylic acids is 1. The van der Waals surface area contributed by atoms with Crippen molar-refractivity contribution in [2.45, 2.75) is 12.8 Å². The van der Waals surface area contributed by atoms with E-state index in [9.17, 15) is 9.18 Å². The third-order valence-corrected chi connectivity index (χ3v) is 3.44. The smallest absolute Gasteiger partial charge is 0.226 e. The Morgan fingerprint density at radius 3 is 2.46 bits per heavy atom. The molecule has 2 N–H and O–H groups in total. The fourth-order valence-corrected chi connectivity index (χ4v) is 2.20. The van der Waals surface area contributed by atoms with E-state index in [0.717, 1.165) is 0 Å². The Morgan fingerprint density at radius 1 is 1.12 bits per heavy atom. The van der Waals surface area contributed by atoms with Gasteiger partial charge in [-0.25, -0.2) is 4.39 Å². The van der Waals surface area contributed by atoms with Crippen LogP contribution in [0.1, 0.15) is 12.8 Å². The highest BCUT2D eigenvalue weighted by atomic mass is 35.5. The number of halogens is 2. The molecule has 0 spiro atoms. The zero-order chi connectivity index (χ0) is 17.4. The molecule has 0 radical (unpaired) electrons. The maximum Gasteiger partial charge on any atom is 0.226 e. The van der Waals surface area contributed by atoms with Gasteiger partial charge in [0.25, 0.3) is 0 Å². The van der Waals surface area contributed by atoms with E-state index in [1.165, 1.54) is 24.3 Å². The van der Waals surface area contributed by atoms with E-state index in [1.807, 2.05) is 0 Å². The summed E-state index contributed by atoms with van der Waals surface area (Å²) >= 11 is 10.8. The summed E-state index contributed by atoms with van der Waals surface area (Å²) in [7, 11) is 0. The molecule has 0 aliphatic carbocycles. The van der Waals surface area contributed by atoms with E-state index in [0.29, 0.717) is 29.5 Å². The van der Waals surface area contributed by atoms with Crippen LogP contribution in [0.15, 0.2) is 48.5 Å². The average Bonchev–Trinajstić information content (AvgIpc) is 2.55. The fraction of sp³-hybridized carbons (Fsp3) is 0.176. The van der Waals surface area contributed by atoms with Crippen molar-refractivity contribution in [2.24, 2.45) is 0 Å². The minimum Gasteiger partial charge on any atom is -0.494 e.